The summed E-state index contributed by atoms with van der Waals surface area (Å²) in [6.45, 7) is 23.5. The SMILES string of the molecule is CC#Cc1cc(C)c(C#Cc2ccc3c(c2)B(C)c2cc(C)ccc2C=C3)cc1OCCCCCCCCCC.CC#Cc1cc(C)c(C#Cc2ccc3c(c2)C=Cc2cc(C)ccc2B3C)cc1OCCCCCCCCCC. The van der Waals surface area contributed by atoms with Gasteiger partial charge < -0.3 is 9.47 Å². The summed E-state index contributed by atoms with van der Waals surface area (Å²) in [5.41, 5.74) is 21.3. The Labute approximate surface area is 485 Å². The number of ether oxygens (including phenoxy) is 2. The fourth-order valence-corrected chi connectivity index (χ4v) is 11.0. The van der Waals surface area contributed by atoms with E-state index in [9.17, 15) is 0 Å². The maximum atomic E-state index is 6.25. The van der Waals surface area contributed by atoms with Gasteiger partial charge in [0.25, 0.3) is 0 Å². The van der Waals surface area contributed by atoms with Crippen LogP contribution in [0.15, 0.2) is 97.1 Å². The largest absolute Gasteiger partial charge is 0.492 e. The molecule has 0 N–H and O–H groups in total. The van der Waals surface area contributed by atoms with Gasteiger partial charge in [0, 0.05) is 22.3 Å². The molecule has 2 aliphatic heterocycles. The topological polar surface area (TPSA) is 18.5 Å². The molecule has 0 fully saturated rings. The summed E-state index contributed by atoms with van der Waals surface area (Å²) >= 11 is 0. The summed E-state index contributed by atoms with van der Waals surface area (Å²) in [7, 11) is 0. The van der Waals surface area contributed by atoms with E-state index < -0.39 is 0 Å². The summed E-state index contributed by atoms with van der Waals surface area (Å²) < 4.78 is 12.5. The molecule has 2 aliphatic rings. The van der Waals surface area contributed by atoms with E-state index in [1.54, 1.807) is 0 Å². The van der Waals surface area contributed by atoms with E-state index in [4.69, 9.17) is 9.47 Å². The van der Waals surface area contributed by atoms with E-state index in [0.29, 0.717) is 13.4 Å². The number of rotatable bonds is 20. The van der Waals surface area contributed by atoms with Gasteiger partial charge in [-0.3, -0.25) is 0 Å². The second-order valence-electron chi connectivity index (χ2n) is 22.3. The number of hydrogen-bond donors (Lipinski definition) is 0. The Balaban J connectivity index is 0.000000231. The summed E-state index contributed by atoms with van der Waals surface area (Å²) in [5, 5.41) is 0. The summed E-state index contributed by atoms with van der Waals surface area (Å²) in [6.07, 6.45) is 29.6. The highest BCUT2D eigenvalue weighted by Crippen LogP contribution is 2.26. The maximum absolute atomic E-state index is 6.25. The van der Waals surface area contributed by atoms with Crippen LogP contribution in [0.4, 0.5) is 0 Å². The lowest BCUT2D eigenvalue weighted by atomic mass is 9.41. The van der Waals surface area contributed by atoms with Crippen molar-refractivity contribution in [2.75, 3.05) is 13.2 Å². The predicted molar refractivity (Wildman–Crippen MR) is 351 cm³/mol. The van der Waals surface area contributed by atoms with Crippen LogP contribution in [0.3, 0.4) is 0 Å². The van der Waals surface area contributed by atoms with Crippen molar-refractivity contribution in [3.8, 4) is 58.9 Å². The standard InChI is InChI=1S/2C38H43BO/c1-6-8-9-10-11-12-13-14-24-40-38-28-32(30(4)26-35(38)15-7-2)19-17-31-18-23-37-34(27-31)21-20-33-25-29(3)16-22-36(33)39(37)5;1-6-8-9-10-11-12-13-14-24-40-38-28-34(30(4)26-35(38)15-7-2)21-18-31-17-20-33-23-22-32-19-16-29(3)25-36(32)39(5)37(33)27-31/h16,18,20-23,25-28H,6,8-14,24H2,1-5H3;16-17,19-20,22-23,25-28H,6,8-14,24H2,1-5H3. The van der Waals surface area contributed by atoms with Crippen LogP contribution in [0.5, 0.6) is 11.5 Å². The molecule has 408 valence electrons. The third kappa shape index (κ3) is 17.4. The van der Waals surface area contributed by atoms with Gasteiger partial charge in [-0.05, 0) is 130 Å². The van der Waals surface area contributed by atoms with Gasteiger partial charge in [-0.15, -0.1) is 11.8 Å². The van der Waals surface area contributed by atoms with Gasteiger partial charge in [0.1, 0.15) is 11.5 Å². The minimum Gasteiger partial charge on any atom is -0.492 e. The fourth-order valence-electron chi connectivity index (χ4n) is 11.0. The van der Waals surface area contributed by atoms with Gasteiger partial charge >= 0.3 is 0 Å². The smallest absolute Gasteiger partial charge is 0.207 e. The predicted octanol–water partition coefficient (Wildman–Crippen LogP) is 16.6. The van der Waals surface area contributed by atoms with Crippen molar-refractivity contribution in [3.05, 3.63) is 175 Å². The van der Waals surface area contributed by atoms with Gasteiger partial charge in [-0.25, -0.2) is 0 Å². The molecular weight excluding hydrogens is 966 g/mol. The molecule has 80 heavy (non-hydrogen) atoms. The minimum absolute atomic E-state index is 0.312. The van der Waals surface area contributed by atoms with Gasteiger partial charge in [0.15, 0.2) is 0 Å². The fraction of sp³-hybridized carbons (Fsp3) is 0.368. The Morgan fingerprint density at radius 2 is 0.750 bits per heavy atom. The molecule has 4 heteroatoms. The van der Waals surface area contributed by atoms with Crippen LogP contribution in [0, 0.1) is 75.1 Å². The highest BCUT2D eigenvalue weighted by molar-refractivity contribution is 6.86. The summed E-state index contributed by atoms with van der Waals surface area (Å²) in [4.78, 5) is 0. The molecule has 0 saturated carbocycles. The molecule has 0 amide bonds. The summed E-state index contributed by atoms with van der Waals surface area (Å²) in [5.74, 6) is 28.0. The molecule has 0 bridgehead atoms. The van der Waals surface area contributed by atoms with Crippen LogP contribution in [-0.2, 0) is 0 Å². The van der Waals surface area contributed by atoms with Crippen molar-refractivity contribution in [1.29, 1.82) is 0 Å². The Bertz CT molecular complexity index is 3400. The van der Waals surface area contributed by atoms with E-state index in [2.05, 4.69) is 224 Å². The van der Waals surface area contributed by atoms with Crippen molar-refractivity contribution in [3.63, 3.8) is 0 Å². The number of fused-ring (bicyclic) bond motifs is 4. The third-order valence-electron chi connectivity index (χ3n) is 15.8. The second kappa shape index (κ2) is 31.5. The molecule has 0 spiro atoms. The van der Waals surface area contributed by atoms with Crippen LogP contribution < -0.4 is 31.3 Å². The molecule has 0 aromatic heterocycles. The van der Waals surface area contributed by atoms with E-state index in [1.807, 2.05) is 13.8 Å². The van der Waals surface area contributed by atoms with Crippen LogP contribution >= 0.6 is 0 Å². The highest BCUT2D eigenvalue weighted by Gasteiger charge is 2.23. The molecule has 0 atom stereocenters. The molecule has 0 aliphatic carbocycles. The minimum atomic E-state index is 0.312. The molecule has 2 heterocycles. The van der Waals surface area contributed by atoms with Crippen molar-refractivity contribution in [2.24, 2.45) is 0 Å². The maximum Gasteiger partial charge on any atom is 0.207 e. The van der Waals surface area contributed by atoms with Crippen LogP contribution in [0.25, 0.3) is 24.3 Å². The van der Waals surface area contributed by atoms with Crippen molar-refractivity contribution in [2.45, 2.75) is 172 Å². The van der Waals surface area contributed by atoms with Gasteiger partial charge in [0.2, 0.25) is 13.4 Å². The third-order valence-corrected chi connectivity index (χ3v) is 15.8. The Morgan fingerprint density at radius 3 is 1.27 bits per heavy atom. The van der Waals surface area contributed by atoms with Crippen molar-refractivity contribution < 1.29 is 9.47 Å². The first-order valence-electron chi connectivity index (χ1n) is 30.3. The van der Waals surface area contributed by atoms with E-state index >= 15 is 0 Å². The number of benzene rings is 6. The molecule has 6 aromatic carbocycles. The lowest BCUT2D eigenvalue weighted by Gasteiger charge is -2.14. The van der Waals surface area contributed by atoms with E-state index in [1.165, 1.54) is 145 Å². The van der Waals surface area contributed by atoms with E-state index in [0.717, 1.165) is 82.1 Å². The molecule has 0 saturated heterocycles. The zero-order valence-corrected chi connectivity index (χ0v) is 50.2. The first-order valence-corrected chi connectivity index (χ1v) is 30.3. The van der Waals surface area contributed by atoms with Crippen molar-refractivity contribution >= 4 is 59.6 Å². The lowest BCUT2D eigenvalue weighted by molar-refractivity contribution is 0.303. The monoisotopic (exact) mass is 1050 g/mol. The van der Waals surface area contributed by atoms with Crippen molar-refractivity contribution in [1.82, 2.24) is 0 Å². The first kappa shape index (κ1) is 60.4. The molecule has 2 nitrogen and oxygen atoms in total. The van der Waals surface area contributed by atoms with Gasteiger partial charge in [-0.1, -0.05) is 265 Å². The zero-order valence-electron chi connectivity index (χ0n) is 50.2. The first-order chi connectivity index (χ1) is 39.0. The zero-order chi connectivity index (χ0) is 56.6. The van der Waals surface area contributed by atoms with Gasteiger partial charge in [0.05, 0.1) is 24.3 Å². The molecule has 0 unspecified atom stereocenters. The van der Waals surface area contributed by atoms with Crippen LogP contribution in [0.1, 0.15) is 208 Å². The molecule has 6 aromatic rings. The number of unbranched alkanes of at least 4 members (excludes halogenated alkanes) is 14. The average molecular weight is 1050 g/mol. The number of hydrogen-bond acceptors (Lipinski definition) is 2. The lowest BCUT2D eigenvalue weighted by Crippen LogP contribution is -2.41. The Morgan fingerprint density at radius 1 is 0.350 bits per heavy atom. The molecular formula is C76H86B2O2. The normalized spacial score (nSPS) is 11.5. The second-order valence-corrected chi connectivity index (χ2v) is 22.3. The Hall–Kier alpha value is -7.23. The Kier molecular flexibility index (Phi) is 23.8. The van der Waals surface area contributed by atoms with Gasteiger partial charge in [-0.2, -0.15) is 0 Å². The summed E-state index contributed by atoms with van der Waals surface area (Å²) in [6, 6.07) is 35.1. The van der Waals surface area contributed by atoms with Crippen LogP contribution in [-0.4, -0.2) is 26.6 Å². The van der Waals surface area contributed by atoms with E-state index in [-0.39, 0.29) is 0 Å². The van der Waals surface area contributed by atoms with Crippen LogP contribution in [0.2, 0.25) is 13.6 Å². The molecule has 8 rings (SSSR count). The quantitative estimate of drug-likeness (QED) is 0.0431. The highest BCUT2D eigenvalue weighted by atomic mass is 16.5. The average Bonchev–Trinajstić information content (AvgIpc) is 3.70. The number of aryl methyl sites for hydroxylation is 4. The molecule has 0 radical (unpaired) electrons.